The van der Waals surface area contributed by atoms with Crippen molar-refractivity contribution in [2.45, 2.75) is 5.75 Å². The van der Waals surface area contributed by atoms with E-state index in [1.807, 2.05) is 0 Å². The van der Waals surface area contributed by atoms with Crippen LogP contribution in [0.5, 0.6) is 11.5 Å². The number of halogens is 5. The Kier molecular flexibility index (Phi) is 6.90. The highest BCUT2D eigenvalue weighted by atomic mass is 32.2. The Labute approximate surface area is 161 Å². The number of hydrogen-bond acceptors (Lipinski definition) is 4. The van der Waals surface area contributed by atoms with E-state index in [-0.39, 0.29) is 5.75 Å². The minimum atomic E-state index is -2.29. The summed E-state index contributed by atoms with van der Waals surface area (Å²) in [6.45, 7) is 0. The fourth-order valence-electron chi connectivity index (χ4n) is 2.20. The number of carbonyl (C=O) groups is 1. The number of methoxy groups -OCH3 is 2. The molecule has 0 saturated carbocycles. The van der Waals surface area contributed by atoms with Gasteiger partial charge in [-0.15, -0.1) is 11.8 Å². The van der Waals surface area contributed by atoms with Gasteiger partial charge in [-0.2, -0.15) is 0 Å². The Balaban J connectivity index is 2.37. The zero-order chi connectivity index (χ0) is 21.0. The van der Waals surface area contributed by atoms with E-state index in [0.29, 0.717) is 23.1 Å². The van der Waals surface area contributed by atoms with Gasteiger partial charge in [0.15, 0.2) is 34.8 Å². The first-order valence-corrected chi connectivity index (χ1v) is 8.56. The molecule has 0 aliphatic carbocycles. The van der Waals surface area contributed by atoms with Crippen molar-refractivity contribution in [3.8, 4) is 11.5 Å². The zero-order valence-electron chi connectivity index (χ0n) is 14.6. The molecule has 10 heteroatoms. The predicted molar refractivity (Wildman–Crippen MR) is 94.2 cm³/mol. The number of hydrogen-bond donors (Lipinski definition) is 1. The summed E-state index contributed by atoms with van der Waals surface area (Å²) in [5.41, 5.74) is 4.56. The van der Waals surface area contributed by atoms with E-state index in [9.17, 15) is 26.7 Å². The van der Waals surface area contributed by atoms with Gasteiger partial charge in [-0.25, -0.2) is 22.0 Å². The van der Waals surface area contributed by atoms with E-state index < -0.39 is 45.5 Å². The summed E-state index contributed by atoms with van der Waals surface area (Å²) in [4.78, 5) is 11.2. The summed E-state index contributed by atoms with van der Waals surface area (Å²) in [6, 6.07) is 4.85. The van der Waals surface area contributed by atoms with Gasteiger partial charge >= 0.3 is 0 Å². The summed E-state index contributed by atoms with van der Waals surface area (Å²) >= 11 is 0.762. The zero-order valence-corrected chi connectivity index (χ0v) is 15.4. The van der Waals surface area contributed by atoms with Crippen LogP contribution in [-0.4, -0.2) is 20.1 Å². The van der Waals surface area contributed by atoms with Crippen molar-refractivity contribution in [3.63, 3.8) is 0 Å². The quantitative estimate of drug-likeness (QED) is 0.317. The van der Waals surface area contributed by atoms with Gasteiger partial charge in [0, 0.05) is 5.75 Å². The topological polar surface area (TPSA) is 61.5 Å². The molecule has 0 radical (unpaired) electrons. The molecule has 0 aromatic heterocycles. The van der Waals surface area contributed by atoms with Gasteiger partial charge in [0.05, 0.1) is 24.7 Å². The van der Waals surface area contributed by atoms with Crippen LogP contribution in [0, 0.1) is 29.1 Å². The third-order valence-corrected chi connectivity index (χ3v) is 4.71. The lowest BCUT2D eigenvalue weighted by Crippen LogP contribution is -2.13. The van der Waals surface area contributed by atoms with Crippen LogP contribution in [0.3, 0.4) is 0 Å². The molecule has 0 saturated heterocycles. The average Bonchev–Trinajstić information content (AvgIpc) is 2.69. The molecule has 2 aromatic rings. The molecule has 1 amide bonds. The van der Waals surface area contributed by atoms with Crippen molar-refractivity contribution in [2.24, 2.45) is 5.73 Å². The predicted octanol–water partition coefficient (Wildman–Crippen LogP) is 4.16. The van der Waals surface area contributed by atoms with E-state index in [2.05, 4.69) is 0 Å². The molecule has 0 aliphatic rings. The van der Waals surface area contributed by atoms with Crippen LogP contribution in [0.25, 0.3) is 6.08 Å². The Bertz CT molecular complexity index is 920. The van der Waals surface area contributed by atoms with Crippen molar-refractivity contribution in [3.05, 3.63) is 63.3 Å². The van der Waals surface area contributed by atoms with Crippen molar-refractivity contribution >= 4 is 23.7 Å². The number of nitrogens with two attached hydrogens (primary N) is 1. The third kappa shape index (κ3) is 4.38. The third-order valence-electron chi connectivity index (χ3n) is 3.60. The molecule has 2 aromatic carbocycles. The number of carbonyl (C=O) groups excluding carboxylic acids is 1. The summed E-state index contributed by atoms with van der Waals surface area (Å²) in [6.07, 6.45) is 0.532. The monoisotopic (exact) mass is 419 g/mol. The minimum Gasteiger partial charge on any atom is -0.493 e. The largest absolute Gasteiger partial charge is 0.493 e. The minimum absolute atomic E-state index is 0.102. The lowest BCUT2D eigenvalue weighted by molar-refractivity contribution is -0.113. The number of rotatable bonds is 7. The molecule has 0 fully saturated rings. The Morgan fingerprint density at radius 3 is 2.00 bits per heavy atom. The molecular weight excluding hydrogens is 405 g/mol. The number of thioether (sulfide) groups is 1. The van der Waals surface area contributed by atoms with Crippen molar-refractivity contribution < 1.29 is 36.2 Å². The normalized spacial score (nSPS) is 11.5. The number of benzene rings is 2. The summed E-state index contributed by atoms with van der Waals surface area (Å²) < 4.78 is 77.6. The molecule has 0 spiro atoms. The SMILES string of the molecule is COc1ccc(CSC(=Cc2c(F)c(F)c(F)c(F)c2F)C(N)=O)cc1OC. The Morgan fingerprint density at radius 1 is 0.964 bits per heavy atom. The lowest BCUT2D eigenvalue weighted by Gasteiger charge is -2.10. The highest BCUT2D eigenvalue weighted by Gasteiger charge is 2.25. The smallest absolute Gasteiger partial charge is 0.255 e. The molecule has 4 nitrogen and oxygen atoms in total. The van der Waals surface area contributed by atoms with Gasteiger partial charge in [-0.3, -0.25) is 4.79 Å². The summed E-state index contributed by atoms with van der Waals surface area (Å²) in [5.74, 6) is -10.7. The van der Waals surface area contributed by atoms with Crippen LogP contribution in [0.2, 0.25) is 0 Å². The molecule has 0 unspecified atom stereocenters. The second-order valence-corrected chi connectivity index (χ2v) is 6.35. The lowest BCUT2D eigenvalue weighted by atomic mass is 10.1. The molecule has 0 bridgehead atoms. The van der Waals surface area contributed by atoms with Gasteiger partial charge < -0.3 is 15.2 Å². The van der Waals surface area contributed by atoms with E-state index >= 15 is 0 Å². The number of amides is 1. The van der Waals surface area contributed by atoms with E-state index in [1.54, 1.807) is 18.2 Å². The maximum Gasteiger partial charge on any atom is 0.255 e. The van der Waals surface area contributed by atoms with Crippen molar-refractivity contribution in [2.75, 3.05) is 14.2 Å². The highest BCUT2D eigenvalue weighted by Crippen LogP contribution is 2.32. The molecule has 28 heavy (non-hydrogen) atoms. The van der Waals surface area contributed by atoms with Crippen LogP contribution in [0.4, 0.5) is 22.0 Å². The molecule has 2 rings (SSSR count). The van der Waals surface area contributed by atoms with Crippen LogP contribution in [-0.2, 0) is 10.5 Å². The Hall–Kier alpha value is -2.75. The molecule has 150 valence electrons. The number of primary amides is 1. The van der Waals surface area contributed by atoms with E-state index in [4.69, 9.17) is 15.2 Å². The number of ether oxygens (including phenoxy) is 2. The molecule has 2 N–H and O–H groups in total. The second-order valence-electron chi connectivity index (χ2n) is 5.33. The first kappa shape index (κ1) is 21.5. The summed E-state index contributed by atoms with van der Waals surface area (Å²) in [5, 5.41) is 0. The standard InChI is InChI=1S/C18H14F5NO3S/c1-26-10-4-3-8(5-11(10)27-2)7-28-12(18(24)25)6-9-13(19)15(21)17(23)16(22)14(9)20/h3-6H,7H2,1-2H3,(H2,24,25). The van der Waals surface area contributed by atoms with Crippen LogP contribution in [0.15, 0.2) is 23.1 Å². The maximum atomic E-state index is 13.8. The van der Waals surface area contributed by atoms with Crippen molar-refractivity contribution in [1.82, 2.24) is 0 Å². The second kappa shape index (κ2) is 8.96. The fraction of sp³-hybridized carbons (Fsp3) is 0.167. The molecule has 0 atom stereocenters. The average molecular weight is 419 g/mol. The van der Waals surface area contributed by atoms with Gasteiger partial charge in [-0.05, 0) is 23.8 Å². The molecular formula is C18H14F5NO3S. The van der Waals surface area contributed by atoms with E-state index in [0.717, 1.165) is 11.8 Å². The fourth-order valence-corrected chi connectivity index (χ4v) is 3.04. The molecule has 0 heterocycles. The van der Waals surface area contributed by atoms with Crippen molar-refractivity contribution in [1.29, 1.82) is 0 Å². The first-order valence-electron chi connectivity index (χ1n) is 7.57. The van der Waals surface area contributed by atoms with Crippen LogP contribution < -0.4 is 15.2 Å². The van der Waals surface area contributed by atoms with Crippen LogP contribution in [0.1, 0.15) is 11.1 Å². The molecule has 0 aliphatic heterocycles. The van der Waals surface area contributed by atoms with E-state index in [1.165, 1.54) is 14.2 Å². The van der Waals surface area contributed by atoms with Crippen LogP contribution >= 0.6 is 11.8 Å². The van der Waals surface area contributed by atoms with Gasteiger partial charge in [-0.1, -0.05) is 6.07 Å². The van der Waals surface area contributed by atoms with Gasteiger partial charge in [0.1, 0.15) is 0 Å². The first-order chi connectivity index (χ1) is 13.2. The summed E-state index contributed by atoms with van der Waals surface area (Å²) in [7, 11) is 2.87. The van der Waals surface area contributed by atoms with Gasteiger partial charge in [0.25, 0.3) is 5.91 Å². The highest BCUT2D eigenvalue weighted by molar-refractivity contribution is 8.03. The Morgan fingerprint density at radius 2 is 1.50 bits per heavy atom. The maximum absolute atomic E-state index is 13.8. The van der Waals surface area contributed by atoms with Gasteiger partial charge in [0.2, 0.25) is 5.82 Å².